The van der Waals surface area contributed by atoms with E-state index in [0.29, 0.717) is 11.5 Å². The van der Waals surface area contributed by atoms with Gasteiger partial charge in [0.15, 0.2) is 10.8 Å². The number of oxime groups is 1. The number of nitrogens with zero attached hydrogens (tertiary/aromatic N) is 5. The summed E-state index contributed by atoms with van der Waals surface area (Å²) in [5.41, 5.74) is 0.201. The minimum absolute atomic E-state index is 0.0612. The van der Waals surface area contributed by atoms with Crippen molar-refractivity contribution in [1.82, 2.24) is 20.0 Å². The smallest absolute Gasteiger partial charge is 0.319 e. The first-order valence-electron chi connectivity index (χ1n) is 4.94. The number of hydrogen-bond acceptors (Lipinski definition) is 8. The van der Waals surface area contributed by atoms with Crippen molar-refractivity contribution < 1.29 is 14.4 Å². The predicted octanol–water partition coefficient (Wildman–Crippen LogP) is -0.00620. The van der Waals surface area contributed by atoms with Crippen molar-refractivity contribution in [1.29, 1.82) is 0 Å². The summed E-state index contributed by atoms with van der Waals surface area (Å²) in [7, 11) is 1.31. The molecule has 2 aromatic rings. The van der Waals surface area contributed by atoms with Crippen LogP contribution in [-0.2, 0) is 9.63 Å². The number of amides is 1. The molecule has 1 N–H and O–H groups in total. The number of nitrogens with one attached hydrogen (secondary N) is 1. The fourth-order valence-corrected chi connectivity index (χ4v) is 1.86. The summed E-state index contributed by atoms with van der Waals surface area (Å²) in [6, 6.07) is 0. The predicted molar refractivity (Wildman–Crippen MR) is 66.0 cm³/mol. The van der Waals surface area contributed by atoms with E-state index in [2.05, 4.69) is 30.5 Å². The summed E-state index contributed by atoms with van der Waals surface area (Å²) in [6.07, 6.45) is 3.22. The summed E-state index contributed by atoms with van der Waals surface area (Å²) in [5.74, 6) is -0.588. The molecule has 19 heavy (non-hydrogen) atoms. The molecule has 0 spiro atoms. The summed E-state index contributed by atoms with van der Waals surface area (Å²) < 4.78 is 0. The Hall–Kier alpha value is -2.62. The van der Waals surface area contributed by atoms with Crippen molar-refractivity contribution in [3.8, 4) is 0 Å². The van der Waals surface area contributed by atoms with Crippen LogP contribution in [0, 0.1) is 0 Å². The molecule has 0 saturated carbocycles. The second-order valence-electron chi connectivity index (χ2n) is 3.05. The number of hydrogen-bond donors (Lipinski definition) is 1. The third-order valence-corrected chi connectivity index (χ3v) is 2.69. The second-order valence-corrected chi connectivity index (χ2v) is 3.90. The van der Waals surface area contributed by atoms with E-state index in [4.69, 9.17) is 0 Å². The highest BCUT2D eigenvalue weighted by atomic mass is 32.1. The number of thiazole rings is 1. The van der Waals surface area contributed by atoms with E-state index in [1.807, 2.05) is 0 Å². The van der Waals surface area contributed by atoms with Gasteiger partial charge in [0.05, 0.1) is 12.4 Å². The molecule has 0 aliphatic heterocycles. The van der Waals surface area contributed by atoms with E-state index < -0.39 is 5.91 Å². The molecule has 1 amide bonds. The van der Waals surface area contributed by atoms with E-state index in [-0.39, 0.29) is 11.4 Å². The molecule has 0 radical (unpaired) electrons. The Kier molecular flexibility index (Phi) is 3.93. The quantitative estimate of drug-likeness (QED) is 0.468. The average Bonchev–Trinajstić information content (AvgIpc) is 3.06. The molecule has 0 bridgehead atoms. The van der Waals surface area contributed by atoms with Crippen molar-refractivity contribution in [3.63, 3.8) is 0 Å². The van der Waals surface area contributed by atoms with Gasteiger partial charge < -0.3 is 10.2 Å². The van der Waals surface area contributed by atoms with Crippen molar-refractivity contribution in [3.05, 3.63) is 23.5 Å². The third kappa shape index (κ3) is 2.80. The molecule has 0 aliphatic carbocycles. The average molecular weight is 280 g/mol. The van der Waals surface area contributed by atoms with Crippen LogP contribution < -0.4 is 5.32 Å². The third-order valence-electron chi connectivity index (χ3n) is 1.91. The van der Waals surface area contributed by atoms with E-state index >= 15 is 0 Å². The van der Waals surface area contributed by atoms with Crippen LogP contribution in [0.2, 0.25) is 0 Å². The van der Waals surface area contributed by atoms with Crippen molar-refractivity contribution >= 4 is 34.5 Å². The molecule has 2 aromatic heterocycles. The number of carbonyl (C=O) groups excluding carboxylic acids is 2. The maximum Gasteiger partial charge on any atom is 0.319 e. The molecule has 0 unspecified atom stereocenters. The summed E-state index contributed by atoms with van der Waals surface area (Å²) in [4.78, 5) is 31.9. The van der Waals surface area contributed by atoms with E-state index in [1.54, 1.807) is 5.38 Å². The number of carbonyl (C=O) groups is 2. The number of aromatic nitrogens is 4. The van der Waals surface area contributed by atoms with Crippen LogP contribution in [-0.4, -0.2) is 45.1 Å². The van der Waals surface area contributed by atoms with Crippen molar-refractivity contribution in [2.75, 3.05) is 12.4 Å². The van der Waals surface area contributed by atoms with E-state index in [1.165, 1.54) is 19.5 Å². The zero-order valence-corrected chi connectivity index (χ0v) is 10.5. The zero-order valence-electron chi connectivity index (χ0n) is 9.68. The molecule has 0 aromatic carbocycles. The first-order valence-corrected chi connectivity index (χ1v) is 5.82. The SMILES string of the molecule is CON=C(C(=O)n1nccn1)c1csc(NC=O)n1. The highest BCUT2D eigenvalue weighted by Crippen LogP contribution is 2.15. The molecule has 9 nitrogen and oxygen atoms in total. The molecule has 0 saturated heterocycles. The Balaban J connectivity index is 2.32. The fraction of sp³-hybridized carbons (Fsp3) is 0.111. The first-order chi connectivity index (χ1) is 9.26. The van der Waals surface area contributed by atoms with Crippen LogP contribution in [0.4, 0.5) is 5.13 Å². The summed E-state index contributed by atoms with van der Waals surface area (Å²) >= 11 is 1.15. The molecule has 10 heteroatoms. The van der Waals surface area contributed by atoms with Crippen LogP contribution in [0.5, 0.6) is 0 Å². The van der Waals surface area contributed by atoms with Crippen LogP contribution in [0.1, 0.15) is 10.5 Å². The lowest BCUT2D eigenvalue weighted by molar-refractivity contribution is -0.105. The van der Waals surface area contributed by atoms with Gasteiger partial charge in [0, 0.05) is 5.38 Å². The molecule has 2 rings (SSSR count). The topological polar surface area (TPSA) is 111 Å². The lowest BCUT2D eigenvalue weighted by Crippen LogP contribution is -2.25. The maximum absolute atomic E-state index is 12.1. The Bertz CT molecular complexity index is 605. The van der Waals surface area contributed by atoms with Crippen LogP contribution in [0.25, 0.3) is 0 Å². The molecular weight excluding hydrogens is 272 g/mol. The maximum atomic E-state index is 12.1. The highest BCUT2D eigenvalue weighted by Gasteiger charge is 2.21. The summed E-state index contributed by atoms with van der Waals surface area (Å²) in [6.45, 7) is 0. The van der Waals surface area contributed by atoms with Crippen LogP contribution >= 0.6 is 11.3 Å². The Morgan fingerprint density at radius 1 is 1.53 bits per heavy atom. The molecule has 0 fully saturated rings. The van der Waals surface area contributed by atoms with Crippen LogP contribution in [0.3, 0.4) is 0 Å². The van der Waals surface area contributed by atoms with Gasteiger partial charge in [-0.1, -0.05) is 5.16 Å². The first kappa shape index (κ1) is 12.8. The Morgan fingerprint density at radius 3 is 2.89 bits per heavy atom. The highest BCUT2D eigenvalue weighted by molar-refractivity contribution is 7.14. The molecule has 0 aliphatic rings. The Labute approximate surface area is 110 Å². The Morgan fingerprint density at radius 2 is 2.26 bits per heavy atom. The lowest BCUT2D eigenvalue weighted by atomic mass is 10.3. The van der Waals surface area contributed by atoms with Gasteiger partial charge in [-0.15, -0.1) is 16.1 Å². The van der Waals surface area contributed by atoms with Gasteiger partial charge in [-0.3, -0.25) is 9.59 Å². The van der Waals surface area contributed by atoms with E-state index in [9.17, 15) is 9.59 Å². The van der Waals surface area contributed by atoms with Gasteiger partial charge in [-0.2, -0.15) is 10.2 Å². The minimum Gasteiger partial charge on any atom is -0.398 e. The van der Waals surface area contributed by atoms with Gasteiger partial charge in [0.25, 0.3) is 0 Å². The molecule has 98 valence electrons. The molecule has 0 atom stereocenters. The van der Waals surface area contributed by atoms with Crippen LogP contribution in [0.15, 0.2) is 22.9 Å². The zero-order chi connectivity index (χ0) is 13.7. The molecule has 2 heterocycles. The monoisotopic (exact) mass is 280 g/mol. The standard InChI is InChI=1S/C9H8N6O3S/c1-18-14-7(8(17)15-11-2-3-12-15)6-4-19-9(13-6)10-5-16/h2-5H,1H3,(H,10,13,16). The second kappa shape index (κ2) is 5.82. The van der Waals surface area contributed by atoms with E-state index in [0.717, 1.165) is 16.1 Å². The molecular formula is C9H8N6O3S. The number of anilines is 1. The fourth-order valence-electron chi connectivity index (χ4n) is 1.20. The summed E-state index contributed by atoms with van der Waals surface area (Å²) in [5, 5.41) is 15.3. The lowest BCUT2D eigenvalue weighted by Gasteiger charge is -2.00. The normalized spacial score (nSPS) is 11.1. The van der Waals surface area contributed by atoms with Gasteiger partial charge in [0.2, 0.25) is 6.41 Å². The largest absolute Gasteiger partial charge is 0.398 e. The number of rotatable bonds is 5. The van der Waals surface area contributed by atoms with Crippen molar-refractivity contribution in [2.24, 2.45) is 5.16 Å². The van der Waals surface area contributed by atoms with Gasteiger partial charge in [0.1, 0.15) is 12.8 Å². The minimum atomic E-state index is -0.588. The van der Waals surface area contributed by atoms with Crippen molar-refractivity contribution in [2.45, 2.75) is 0 Å². The van der Waals surface area contributed by atoms with Gasteiger partial charge >= 0.3 is 5.91 Å². The van der Waals surface area contributed by atoms with Gasteiger partial charge in [-0.05, 0) is 0 Å². The van der Waals surface area contributed by atoms with Gasteiger partial charge in [-0.25, -0.2) is 4.98 Å².